The van der Waals surface area contributed by atoms with Gasteiger partial charge in [0.1, 0.15) is 17.2 Å². The highest BCUT2D eigenvalue weighted by molar-refractivity contribution is 5.93. The van der Waals surface area contributed by atoms with Crippen molar-refractivity contribution in [2.45, 2.75) is 6.92 Å². The van der Waals surface area contributed by atoms with Crippen molar-refractivity contribution in [1.29, 1.82) is 0 Å². The van der Waals surface area contributed by atoms with Gasteiger partial charge in [0.15, 0.2) is 6.61 Å². The zero-order valence-corrected chi connectivity index (χ0v) is 12.9. The Morgan fingerprint density at radius 2 is 1.68 bits per heavy atom. The molecule has 0 saturated heterocycles. The topological polar surface area (TPSA) is 56.8 Å². The van der Waals surface area contributed by atoms with E-state index in [1.54, 1.807) is 25.3 Å². The number of hydrogen-bond acceptors (Lipinski definition) is 4. The van der Waals surface area contributed by atoms with Crippen LogP contribution in [0.25, 0.3) is 0 Å². The first-order valence-corrected chi connectivity index (χ1v) is 6.83. The van der Waals surface area contributed by atoms with E-state index in [0.717, 1.165) is 5.56 Å². The molecule has 1 amide bonds. The maximum Gasteiger partial charge on any atom is 0.262 e. The molecule has 5 heteroatoms. The minimum absolute atomic E-state index is 0.0712. The minimum atomic E-state index is -0.260. The van der Waals surface area contributed by atoms with Crippen LogP contribution in [0.1, 0.15) is 5.56 Å². The maximum absolute atomic E-state index is 12.0. The van der Waals surface area contributed by atoms with Crippen LogP contribution in [-0.2, 0) is 4.79 Å². The van der Waals surface area contributed by atoms with E-state index in [0.29, 0.717) is 22.9 Å². The van der Waals surface area contributed by atoms with Gasteiger partial charge < -0.3 is 19.5 Å². The number of carbonyl (C=O) groups excluding carboxylic acids is 1. The van der Waals surface area contributed by atoms with Crippen molar-refractivity contribution in [1.82, 2.24) is 0 Å². The molecule has 2 aromatic rings. The van der Waals surface area contributed by atoms with Crippen LogP contribution in [0.4, 0.5) is 5.69 Å². The van der Waals surface area contributed by atoms with Crippen LogP contribution in [0.5, 0.6) is 17.2 Å². The monoisotopic (exact) mass is 301 g/mol. The second kappa shape index (κ2) is 7.36. The van der Waals surface area contributed by atoms with Gasteiger partial charge in [-0.1, -0.05) is 17.7 Å². The van der Waals surface area contributed by atoms with E-state index in [-0.39, 0.29) is 12.5 Å². The fourth-order valence-corrected chi connectivity index (χ4v) is 1.87. The molecule has 2 aromatic carbocycles. The number of aryl methyl sites for hydroxylation is 1. The van der Waals surface area contributed by atoms with E-state index < -0.39 is 0 Å². The summed E-state index contributed by atoms with van der Waals surface area (Å²) in [4.78, 5) is 12.0. The highest BCUT2D eigenvalue weighted by Crippen LogP contribution is 2.28. The Morgan fingerprint density at radius 1 is 1.00 bits per heavy atom. The van der Waals surface area contributed by atoms with Gasteiger partial charge in [0.2, 0.25) is 0 Å². The fourth-order valence-electron chi connectivity index (χ4n) is 1.87. The molecule has 0 aliphatic heterocycles. The number of methoxy groups -OCH3 is 2. The SMILES string of the molecule is COc1ccc(NC(=O)COc2ccc(C)cc2)c(OC)c1. The smallest absolute Gasteiger partial charge is 0.262 e. The third-order valence-corrected chi connectivity index (χ3v) is 3.07. The first-order valence-electron chi connectivity index (χ1n) is 6.83. The van der Waals surface area contributed by atoms with Gasteiger partial charge in [-0.05, 0) is 31.2 Å². The Bertz CT molecular complexity index is 638. The minimum Gasteiger partial charge on any atom is -0.497 e. The van der Waals surface area contributed by atoms with Gasteiger partial charge in [-0.2, -0.15) is 0 Å². The predicted molar refractivity (Wildman–Crippen MR) is 84.8 cm³/mol. The van der Waals surface area contributed by atoms with Gasteiger partial charge in [0, 0.05) is 6.07 Å². The standard InChI is InChI=1S/C17H19NO4/c1-12-4-6-13(7-5-12)22-11-17(19)18-15-9-8-14(20-2)10-16(15)21-3/h4-10H,11H2,1-3H3,(H,18,19). The van der Waals surface area contributed by atoms with Crippen molar-refractivity contribution in [3.8, 4) is 17.2 Å². The third-order valence-electron chi connectivity index (χ3n) is 3.07. The second-order valence-electron chi connectivity index (χ2n) is 4.72. The zero-order chi connectivity index (χ0) is 15.9. The lowest BCUT2D eigenvalue weighted by Gasteiger charge is -2.12. The Morgan fingerprint density at radius 3 is 2.32 bits per heavy atom. The van der Waals surface area contributed by atoms with Crippen molar-refractivity contribution in [2.75, 3.05) is 26.1 Å². The Labute approximate surface area is 129 Å². The quantitative estimate of drug-likeness (QED) is 0.891. The van der Waals surface area contributed by atoms with Crippen molar-refractivity contribution < 1.29 is 19.0 Å². The summed E-state index contributed by atoms with van der Waals surface area (Å²) in [6, 6.07) is 12.7. The molecule has 0 radical (unpaired) electrons. The lowest BCUT2D eigenvalue weighted by atomic mass is 10.2. The van der Waals surface area contributed by atoms with Crippen LogP contribution >= 0.6 is 0 Å². The molecule has 0 spiro atoms. The van der Waals surface area contributed by atoms with Gasteiger partial charge in [-0.3, -0.25) is 4.79 Å². The molecule has 0 fully saturated rings. The molecule has 0 unspecified atom stereocenters. The van der Waals surface area contributed by atoms with E-state index in [1.165, 1.54) is 7.11 Å². The van der Waals surface area contributed by atoms with Crippen LogP contribution in [-0.4, -0.2) is 26.7 Å². The molecule has 0 aliphatic carbocycles. The highest BCUT2D eigenvalue weighted by atomic mass is 16.5. The summed E-state index contributed by atoms with van der Waals surface area (Å²) in [5.74, 6) is 1.58. The van der Waals surface area contributed by atoms with Gasteiger partial charge in [0.05, 0.1) is 19.9 Å². The van der Waals surface area contributed by atoms with E-state index in [1.807, 2.05) is 31.2 Å². The molecule has 0 bridgehead atoms. The van der Waals surface area contributed by atoms with Crippen LogP contribution in [0.15, 0.2) is 42.5 Å². The molecule has 1 N–H and O–H groups in total. The van der Waals surface area contributed by atoms with Gasteiger partial charge in [-0.15, -0.1) is 0 Å². The van der Waals surface area contributed by atoms with Crippen LogP contribution in [0, 0.1) is 6.92 Å². The van der Waals surface area contributed by atoms with E-state index >= 15 is 0 Å². The van der Waals surface area contributed by atoms with Crippen LogP contribution < -0.4 is 19.5 Å². The first kappa shape index (κ1) is 15.7. The normalized spacial score (nSPS) is 9.95. The molecule has 0 atom stereocenters. The number of carbonyl (C=O) groups is 1. The van der Waals surface area contributed by atoms with Crippen molar-refractivity contribution >= 4 is 11.6 Å². The molecular formula is C17H19NO4. The molecule has 0 aliphatic rings. The lowest BCUT2D eigenvalue weighted by molar-refractivity contribution is -0.118. The van der Waals surface area contributed by atoms with E-state index in [2.05, 4.69) is 5.32 Å². The average Bonchev–Trinajstić information content (AvgIpc) is 2.54. The number of hydrogen-bond donors (Lipinski definition) is 1. The largest absolute Gasteiger partial charge is 0.497 e. The predicted octanol–water partition coefficient (Wildman–Crippen LogP) is 3.03. The number of rotatable bonds is 6. The molecule has 0 aromatic heterocycles. The van der Waals surface area contributed by atoms with E-state index in [9.17, 15) is 4.79 Å². The number of anilines is 1. The number of nitrogens with one attached hydrogen (secondary N) is 1. The summed E-state index contributed by atoms with van der Waals surface area (Å²) in [6.07, 6.45) is 0. The van der Waals surface area contributed by atoms with Crippen LogP contribution in [0.3, 0.4) is 0 Å². The van der Waals surface area contributed by atoms with Crippen molar-refractivity contribution in [2.24, 2.45) is 0 Å². The second-order valence-corrected chi connectivity index (χ2v) is 4.72. The summed E-state index contributed by atoms with van der Waals surface area (Å²) < 4.78 is 15.8. The fraction of sp³-hybridized carbons (Fsp3) is 0.235. The van der Waals surface area contributed by atoms with Crippen molar-refractivity contribution in [3.05, 3.63) is 48.0 Å². The Balaban J connectivity index is 1.95. The maximum atomic E-state index is 12.0. The summed E-state index contributed by atoms with van der Waals surface area (Å²) >= 11 is 0. The Kier molecular flexibility index (Phi) is 5.25. The lowest BCUT2D eigenvalue weighted by Crippen LogP contribution is -2.20. The van der Waals surface area contributed by atoms with Crippen molar-refractivity contribution in [3.63, 3.8) is 0 Å². The molecular weight excluding hydrogens is 282 g/mol. The third kappa shape index (κ3) is 4.15. The number of benzene rings is 2. The Hall–Kier alpha value is -2.69. The molecule has 116 valence electrons. The summed E-state index contributed by atoms with van der Waals surface area (Å²) in [5.41, 5.74) is 1.71. The first-order chi connectivity index (χ1) is 10.6. The summed E-state index contributed by atoms with van der Waals surface area (Å²) in [6.45, 7) is 1.92. The van der Waals surface area contributed by atoms with Crippen LogP contribution in [0.2, 0.25) is 0 Å². The summed E-state index contributed by atoms with van der Waals surface area (Å²) in [7, 11) is 3.11. The summed E-state index contributed by atoms with van der Waals surface area (Å²) in [5, 5.41) is 2.75. The molecule has 0 saturated carbocycles. The number of amides is 1. The van der Waals surface area contributed by atoms with E-state index in [4.69, 9.17) is 14.2 Å². The average molecular weight is 301 g/mol. The van der Waals surface area contributed by atoms with Gasteiger partial charge in [-0.25, -0.2) is 0 Å². The molecule has 2 rings (SSSR count). The van der Waals surface area contributed by atoms with Gasteiger partial charge >= 0.3 is 0 Å². The molecule has 0 heterocycles. The molecule has 5 nitrogen and oxygen atoms in total. The zero-order valence-electron chi connectivity index (χ0n) is 12.9. The van der Waals surface area contributed by atoms with Gasteiger partial charge in [0.25, 0.3) is 5.91 Å². The number of ether oxygens (including phenoxy) is 3. The molecule has 22 heavy (non-hydrogen) atoms. The highest BCUT2D eigenvalue weighted by Gasteiger charge is 2.09.